The van der Waals surface area contributed by atoms with Crippen LogP contribution in [-0.4, -0.2) is 12.6 Å². The molecule has 2 N–H and O–H groups in total. The van der Waals surface area contributed by atoms with Crippen molar-refractivity contribution in [2.45, 2.75) is 19.4 Å². The van der Waals surface area contributed by atoms with Crippen molar-refractivity contribution >= 4 is 23.2 Å². The Kier molecular flexibility index (Phi) is 3.63. The van der Waals surface area contributed by atoms with Gasteiger partial charge < -0.3 is 10.5 Å². The maximum atomic E-state index is 6.32. The third-order valence-electron chi connectivity index (χ3n) is 3.52. The average Bonchev–Trinajstić information content (AvgIpc) is 2.83. The lowest BCUT2D eigenvalue weighted by Crippen LogP contribution is -2.24. The first-order chi connectivity index (χ1) is 9.58. The Hall–Kier alpha value is -1.22. The smallest absolute Gasteiger partial charge is 0.131 e. The number of hydrogen-bond donors (Lipinski definition) is 1. The Labute approximate surface area is 128 Å². The monoisotopic (exact) mass is 307 g/mol. The van der Waals surface area contributed by atoms with E-state index in [4.69, 9.17) is 33.7 Å². The molecule has 104 valence electrons. The highest BCUT2D eigenvalue weighted by molar-refractivity contribution is 6.35. The van der Waals surface area contributed by atoms with E-state index in [0.29, 0.717) is 16.6 Å². The second-order valence-electron chi connectivity index (χ2n) is 5.10. The molecule has 0 saturated heterocycles. The number of benzene rings is 2. The number of nitrogens with two attached hydrogens (primary N) is 1. The van der Waals surface area contributed by atoms with Gasteiger partial charge in [0.05, 0.1) is 0 Å². The van der Waals surface area contributed by atoms with Crippen molar-refractivity contribution in [2.75, 3.05) is 6.54 Å². The summed E-state index contributed by atoms with van der Waals surface area (Å²) >= 11 is 12.4. The summed E-state index contributed by atoms with van der Waals surface area (Å²) in [6.07, 6.45) is 0.891. The Bertz CT molecular complexity index is 670. The highest BCUT2D eigenvalue weighted by Crippen LogP contribution is 2.42. The maximum Gasteiger partial charge on any atom is 0.131 e. The summed E-state index contributed by atoms with van der Waals surface area (Å²) in [5, 5.41) is 1.33. The molecule has 0 aliphatic carbocycles. The summed E-state index contributed by atoms with van der Waals surface area (Å²) < 4.78 is 5.96. The van der Waals surface area contributed by atoms with E-state index in [2.05, 4.69) is 19.1 Å². The van der Waals surface area contributed by atoms with Gasteiger partial charge in [0.15, 0.2) is 0 Å². The molecule has 0 bridgehead atoms. The fraction of sp³-hybridized carbons (Fsp3) is 0.250. The van der Waals surface area contributed by atoms with Gasteiger partial charge in [-0.15, -0.1) is 0 Å². The van der Waals surface area contributed by atoms with E-state index in [1.54, 1.807) is 6.07 Å². The molecule has 2 nitrogen and oxygen atoms in total. The second kappa shape index (κ2) is 5.28. The molecule has 2 aromatic carbocycles. The van der Waals surface area contributed by atoms with Gasteiger partial charge in [-0.2, -0.15) is 0 Å². The summed E-state index contributed by atoms with van der Waals surface area (Å²) in [4.78, 5) is 0. The van der Waals surface area contributed by atoms with Gasteiger partial charge in [0.2, 0.25) is 0 Å². The first-order valence-corrected chi connectivity index (χ1v) is 7.29. The van der Waals surface area contributed by atoms with Gasteiger partial charge >= 0.3 is 0 Å². The van der Waals surface area contributed by atoms with Crippen LogP contribution in [0.1, 0.15) is 11.1 Å². The molecule has 1 heterocycles. The van der Waals surface area contributed by atoms with Crippen molar-refractivity contribution in [3.05, 3.63) is 51.5 Å². The van der Waals surface area contributed by atoms with Gasteiger partial charge in [-0.05, 0) is 42.3 Å². The number of fused-ring (bicyclic) bond motifs is 1. The van der Waals surface area contributed by atoms with Crippen LogP contribution in [0.5, 0.6) is 5.75 Å². The molecule has 3 rings (SSSR count). The Balaban J connectivity index is 2.18. The third-order valence-corrected chi connectivity index (χ3v) is 4.09. The molecule has 2 aromatic rings. The molecule has 0 saturated carbocycles. The molecular weight excluding hydrogens is 293 g/mol. The quantitative estimate of drug-likeness (QED) is 0.901. The second-order valence-corrected chi connectivity index (χ2v) is 5.95. The average molecular weight is 308 g/mol. The third kappa shape index (κ3) is 2.39. The first-order valence-electron chi connectivity index (χ1n) is 6.54. The van der Waals surface area contributed by atoms with Crippen LogP contribution in [0.25, 0.3) is 11.1 Å². The van der Waals surface area contributed by atoms with E-state index in [9.17, 15) is 0 Å². The lowest BCUT2D eigenvalue weighted by atomic mass is 9.98. The van der Waals surface area contributed by atoms with Crippen LogP contribution in [-0.2, 0) is 6.42 Å². The minimum Gasteiger partial charge on any atom is -0.488 e. The van der Waals surface area contributed by atoms with Crippen LogP contribution >= 0.6 is 23.2 Å². The predicted molar refractivity (Wildman–Crippen MR) is 83.8 cm³/mol. The molecule has 1 atom stereocenters. The van der Waals surface area contributed by atoms with E-state index < -0.39 is 0 Å². The van der Waals surface area contributed by atoms with Crippen LogP contribution in [0.4, 0.5) is 0 Å². The number of hydrogen-bond acceptors (Lipinski definition) is 2. The lowest BCUT2D eigenvalue weighted by Gasteiger charge is -2.13. The topological polar surface area (TPSA) is 35.2 Å². The SMILES string of the molecule is Cc1cc2c(c(-c3cc(Cl)ccc3Cl)c1)O[C@H](CN)C2. The standard InChI is InChI=1S/C16H15Cl2NO/c1-9-4-10-6-12(8-19)20-16(10)14(5-9)13-7-11(17)2-3-15(13)18/h2-5,7,12H,6,8,19H2,1H3/t12-/m0/s1. The Morgan fingerprint density at radius 3 is 2.75 bits per heavy atom. The van der Waals surface area contributed by atoms with Crippen molar-refractivity contribution in [3.63, 3.8) is 0 Å². The number of halogens is 2. The van der Waals surface area contributed by atoms with Gasteiger partial charge in [-0.25, -0.2) is 0 Å². The van der Waals surface area contributed by atoms with Crippen LogP contribution in [0.2, 0.25) is 10.0 Å². The molecular formula is C16H15Cl2NO. The van der Waals surface area contributed by atoms with Gasteiger partial charge in [0, 0.05) is 34.1 Å². The van der Waals surface area contributed by atoms with Crippen molar-refractivity contribution in [1.29, 1.82) is 0 Å². The Morgan fingerprint density at radius 1 is 1.20 bits per heavy atom. The Morgan fingerprint density at radius 2 is 2.00 bits per heavy atom. The summed E-state index contributed by atoms with van der Waals surface area (Å²) in [5.41, 5.74) is 9.97. The summed E-state index contributed by atoms with van der Waals surface area (Å²) in [6, 6.07) is 9.69. The fourth-order valence-corrected chi connectivity index (χ4v) is 3.02. The van der Waals surface area contributed by atoms with Crippen molar-refractivity contribution < 1.29 is 4.74 Å². The van der Waals surface area contributed by atoms with Crippen LogP contribution in [0.15, 0.2) is 30.3 Å². The summed E-state index contributed by atoms with van der Waals surface area (Å²) in [5.74, 6) is 0.884. The molecule has 0 fully saturated rings. The maximum absolute atomic E-state index is 6.32. The number of aryl methyl sites for hydroxylation is 1. The minimum absolute atomic E-state index is 0.0449. The summed E-state index contributed by atoms with van der Waals surface area (Å²) in [7, 11) is 0. The molecule has 0 amide bonds. The van der Waals surface area contributed by atoms with Crippen LogP contribution < -0.4 is 10.5 Å². The zero-order chi connectivity index (χ0) is 14.3. The van der Waals surface area contributed by atoms with Crippen molar-refractivity contribution in [2.24, 2.45) is 5.73 Å². The molecule has 0 radical (unpaired) electrons. The molecule has 0 unspecified atom stereocenters. The van der Waals surface area contributed by atoms with Gasteiger partial charge in [-0.1, -0.05) is 29.3 Å². The molecule has 0 spiro atoms. The molecule has 1 aliphatic rings. The van der Waals surface area contributed by atoms with Crippen molar-refractivity contribution in [3.8, 4) is 16.9 Å². The van der Waals surface area contributed by atoms with Gasteiger partial charge in [0.1, 0.15) is 11.9 Å². The largest absolute Gasteiger partial charge is 0.488 e. The van der Waals surface area contributed by atoms with Crippen LogP contribution in [0, 0.1) is 6.92 Å². The normalized spacial score (nSPS) is 16.9. The molecule has 0 aromatic heterocycles. The fourth-order valence-electron chi connectivity index (χ4n) is 2.63. The lowest BCUT2D eigenvalue weighted by molar-refractivity contribution is 0.242. The molecule has 20 heavy (non-hydrogen) atoms. The molecule has 1 aliphatic heterocycles. The molecule has 4 heteroatoms. The highest BCUT2D eigenvalue weighted by atomic mass is 35.5. The zero-order valence-corrected chi connectivity index (χ0v) is 12.6. The first kappa shape index (κ1) is 13.7. The number of rotatable bonds is 2. The van der Waals surface area contributed by atoms with Crippen molar-refractivity contribution in [1.82, 2.24) is 0 Å². The van der Waals surface area contributed by atoms with E-state index in [-0.39, 0.29) is 6.10 Å². The summed E-state index contributed by atoms with van der Waals surface area (Å²) in [6.45, 7) is 2.58. The highest BCUT2D eigenvalue weighted by Gasteiger charge is 2.26. The van der Waals surface area contributed by atoms with Gasteiger partial charge in [0.25, 0.3) is 0 Å². The van der Waals surface area contributed by atoms with E-state index in [1.807, 2.05) is 12.1 Å². The van der Waals surface area contributed by atoms with Crippen LogP contribution in [0.3, 0.4) is 0 Å². The minimum atomic E-state index is 0.0449. The van der Waals surface area contributed by atoms with E-state index >= 15 is 0 Å². The van der Waals surface area contributed by atoms with E-state index in [1.165, 1.54) is 11.1 Å². The number of ether oxygens (including phenoxy) is 1. The van der Waals surface area contributed by atoms with E-state index in [0.717, 1.165) is 23.3 Å². The zero-order valence-electron chi connectivity index (χ0n) is 11.1. The van der Waals surface area contributed by atoms with Gasteiger partial charge in [-0.3, -0.25) is 0 Å². The predicted octanol–water partition coefficient (Wildman–Crippen LogP) is 4.23.